The number of carbonyl (C=O) groups excluding carboxylic acids is 1. The maximum absolute atomic E-state index is 12.8. The Balaban J connectivity index is 1.67. The fourth-order valence-electron chi connectivity index (χ4n) is 2.34. The maximum atomic E-state index is 12.8. The lowest BCUT2D eigenvalue weighted by atomic mass is 10.2. The molecule has 0 aliphatic carbocycles. The van der Waals surface area contributed by atoms with E-state index >= 15 is 0 Å². The highest BCUT2D eigenvalue weighted by atomic mass is 19.4. The highest BCUT2D eigenvalue weighted by Gasteiger charge is 2.30. The number of ether oxygens (including phenoxy) is 1. The van der Waals surface area contributed by atoms with Crippen molar-refractivity contribution in [2.45, 2.75) is 19.2 Å². The molecule has 9 heteroatoms. The van der Waals surface area contributed by atoms with Crippen LogP contribution < -0.4 is 10.1 Å². The highest BCUT2D eigenvalue weighted by Crippen LogP contribution is 2.31. The number of H-pyrrole nitrogens is 1. The van der Waals surface area contributed by atoms with E-state index in [4.69, 9.17) is 4.74 Å². The molecule has 0 saturated heterocycles. The minimum absolute atomic E-state index is 0.0390. The van der Waals surface area contributed by atoms with E-state index in [1.54, 1.807) is 24.3 Å². The van der Waals surface area contributed by atoms with Gasteiger partial charge in [-0.25, -0.2) is 4.98 Å². The molecule has 27 heavy (non-hydrogen) atoms. The summed E-state index contributed by atoms with van der Waals surface area (Å²) >= 11 is 0. The summed E-state index contributed by atoms with van der Waals surface area (Å²) in [5.74, 6) is 0.00406. The molecular weight excluding hydrogens is 361 g/mol. The van der Waals surface area contributed by atoms with Gasteiger partial charge in [0.05, 0.1) is 5.56 Å². The molecule has 0 bridgehead atoms. The number of aromatic nitrogens is 3. The number of aromatic amines is 1. The lowest BCUT2D eigenvalue weighted by Gasteiger charge is -2.16. The molecule has 0 radical (unpaired) electrons. The van der Waals surface area contributed by atoms with Crippen LogP contribution in [0.5, 0.6) is 5.75 Å². The van der Waals surface area contributed by atoms with Gasteiger partial charge in [0.1, 0.15) is 12.1 Å². The average molecular weight is 376 g/mol. The van der Waals surface area contributed by atoms with E-state index in [1.165, 1.54) is 25.4 Å². The average Bonchev–Trinajstić information content (AvgIpc) is 3.16. The van der Waals surface area contributed by atoms with E-state index in [9.17, 15) is 18.0 Å². The lowest BCUT2D eigenvalue weighted by molar-refractivity contribution is -0.137. The van der Waals surface area contributed by atoms with Crippen LogP contribution in [0.1, 0.15) is 12.5 Å². The van der Waals surface area contributed by atoms with Crippen LogP contribution >= 0.6 is 0 Å². The minimum Gasteiger partial charge on any atom is -0.481 e. The van der Waals surface area contributed by atoms with Crippen LogP contribution in [0.4, 0.5) is 18.9 Å². The zero-order valence-corrected chi connectivity index (χ0v) is 14.1. The van der Waals surface area contributed by atoms with Crippen molar-refractivity contribution in [3.05, 3.63) is 60.4 Å². The predicted molar refractivity (Wildman–Crippen MR) is 92.0 cm³/mol. The summed E-state index contributed by atoms with van der Waals surface area (Å²) in [7, 11) is 0. The van der Waals surface area contributed by atoms with Crippen molar-refractivity contribution in [1.29, 1.82) is 0 Å². The number of hydrogen-bond donors (Lipinski definition) is 2. The van der Waals surface area contributed by atoms with Gasteiger partial charge in [-0.1, -0.05) is 18.2 Å². The monoisotopic (exact) mass is 376 g/mol. The fourth-order valence-corrected chi connectivity index (χ4v) is 2.34. The Morgan fingerprint density at radius 1 is 1.19 bits per heavy atom. The van der Waals surface area contributed by atoms with Gasteiger partial charge >= 0.3 is 6.18 Å². The largest absolute Gasteiger partial charge is 0.481 e. The molecule has 0 fully saturated rings. The first-order valence-electron chi connectivity index (χ1n) is 7.93. The molecular formula is C18H15F3N4O2. The fraction of sp³-hybridized carbons (Fsp3) is 0.167. The number of carbonyl (C=O) groups is 1. The molecule has 2 N–H and O–H groups in total. The Kier molecular flexibility index (Phi) is 5.11. The number of nitrogens with one attached hydrogen (secondary N) is 2. The zero-order valence-electron chi connectivity index (χ0n) is 14.1. The normalized spacial score (nSPS) is 12.4. The number of alkyl halides is 3. The SMILES string of the molecule is C[C@H](Oc1cccc(C(F)(F)F)c1)C(=O)Nc1cccc(-c2ncn[nH]2)c1. The first kappa shape index (κ1) is 18.4. The number of rotatable bonds is 5. The van der Waals surface area contributed by atoms with Crippen LogP contribution in [-0.2, 0) is 11.0 Å². The molecule has 3 rings (SSSR count). The Morgan fingerprint density at radius 3 is 2.67 bits per heavy atom. The van der Waals surface area contributed by atoms with Crippen LogP contribution in [0.2, 0.25) is 0 Å². The van der Waals surface area contributed by atoms with Gasteiger partial charge in [-0.3, -0.25) is 9.89 Å². The molecule has 6 nitrogen and oxygen atoms in total. The predicted octanol–water partition coefficient (Wildman–Crippen LogP) is 3.90. The Morgan fingerprint density at radius 2 is 1.96 bits per heavy atom. The quantitative estimate of drug-likeness (QED) is 0.708. The second-order valence-corrected chi connectivity index (χ2v) is 5.69. The van der Waals surface area contributed by atoms with E-state index < -0.39 is 23.8 Å². The van der Waals surface area contributed by atoms with Crippen molar-refractivity contribution in [3.63, 3.8) is 0 Å². The molecule has 1 aromatic heterocycles. The van der Waals surface area contributed by atoms with Crippen molar-refractivity contribution in [3.8, 4) is 17.1 Å². The molecule has 1 amide bonds. The van der Waals surface area contributed by atoms with Crippen LogP contribution in [0.15, 0.2) is 54.9 Å². The van der Waals surface area contributed by atoms with Crippen molar-refractivity contribution in [1.82, 2.24) is 15.2 Å². The van der Waals surface area contributed by atoms with E-state index in [-0.39, 0.29) is 5.75 Å². The Bertz CT molecular complexity index is 926. The molecule has 3 aromatic rings. The maximum Gasteiger partial charge on any atom is 0.416 e. The number of benzene rings is 2. The third-order valence-corrected chi connectivity index (χ3v) is 3.66. The second kappa shape index (κ2) is 7.48. The van der Waals surface area contributed by atoms with Gasteiger partial charge in [0.25, 0.3) is 5.91 Å². The number of anilines is 1. The van der Waals surface area contributed by atoms with Crippen molar-refractivity contribution < 1.29 is 22.7 Å². The number of hydrogen-bond acceptors (Lipinski definition) is 4. The van der Waals surface area contributed by atoms with Gasteiger partial charge in [-0.2, -0.15) is 18.3 Å². The molecule has 140 valence electrons. The highest BCUT2D eigenvalue weighted by molar-refractivity contribution is 5.94. The van der Waals surface area contributed by atoms with E-state index in [2.05, 4.69) is 20.5 Å². The van der Waals surface area contributed by atoms with Gasteiger partial charge in [0.2, 0.25) is 0 Å². The van der Waals surface area contributed by atoms with Crippen molar-refractivity contribution >= 4 is 11.6 Å². The number of nitrogens with zero attached hydrogens (tertiary/aromatic N) is 2. The van der Waals surface area contributed by atoms with E-state index in [1.807, 2.05) is 0 Å². The molecule has 1 heterocycles. The molecule has 1 atom stereocenters. The van der Waals surface area contributed by atoms with Gasteiger partial charge in [0, 0.05) is 11.3 Å². The number of halogens is 3. The summed E-state index contributed by atoms with van der Waals surface area (Å²) in [6.45, 7) is 1.45. The number of amides is 1. The smallest absolute Gasteiger partial charge is 0.416 e. The first-order chi connectivity index (χ1) is 12.8. The van der Waals surface area contributed by atoms with Gasteiger partial charge in [-0.15, -0.1) is 0 Å². The van der Waals surface area contributed by atoms with E-state index in [0.29, 0.717) is 11.5 Å². The lowest BCUT2D eigenvalue weighted by Crippen LogP contribution is -2.30. The van der Waals surface area contributed by atoms with Crippen LogP contribution in [0.3, 0.4) is 0 Å². The van der Waals surface area contributed by atoms with Crippen LogP contribution in [0.25, 0.3) is 11.4 Å². The summed E-state index contributed by atoms with van der Waals surface area (Å²) < 4.78 is 43.6. The first-order valence-corrected chi connectivity index (χ1v) is 7.93. The van der Waals surface area contributed by atoms with Gasteiger partial charge < -0.3 is 10.1 Å². The molecule has 0 aliphatic rings. The third-order valence-electron chi connectivity index (χ3n) is 3.66. The van der Waals surface area contributed by atoms with Crippen LogP contribution in [0, 0.1) is 0 Å². The summed E-state index contributed by atoms with van der Waals surface area (Å²) in [5, 5.41) is 9.14. The topological polar surface area (TPSA) is 79.9 Å². The molecule has 0 aliphatic heterocycles. The van der Waals surface area contributed by atoms with E-state index in [0.717, 1.165) is 17.7 Å². The summed E-state index contributed by atoms with van der Waals surface area (Å²) in [6.07, 6.45) is -4.11. The van der Waals surface area contributed by atoms with Gasteiger partial charge in [0.15, 0.2) is 11.9 Å². The molecule has 0 spiro atoms. The summed E-state index contributed by atoms with van der Waals surface area (Å²) in [6, 6.07) is 11.3. The third kappa shape index (κ3) is 4.63. The standard InChI is InChI=1S/C18H15F3N4O2/c1-11(27-15-7-3-5-13(9-15)18(19,20)21)17(26)24-14-6-2-4-12(8-14)16-22-10-23-25-16/h2-11H,1H3,(H,24,26)(H,22,23,25)/t11-/m0/s1. The van der Waals surface area contributed by atoms with Crippen molar-refractivity contribution in [2.75, 3.05) is 5.32 Å². The Labute approximate surface area is 152 Å². The molecule has 0 saturated carbocycles. The van der Waals surface area contributed by atoms with Gasteiger partial charge in [-0.05, 0) is 37.3 Å². The van der Waals surface area contributed by atoms with Crippen LogP contribution in [-0.4, -0.2) is 27.2 Å². The molecule has 2 aromatic carbocycles. The molecule has 0 unspecified atom stereocenters. The summed E-state index contributed by atoms with van der Waals surface area (Å²) in [5.41, 5.74) is 0.373. The van der Waals surface area contributed by atoms with Crippen molar-refractivity contribution in [2.24, 2.45) is 0 Å². The Hall–Kier alpha value is -3.36. The summed E-state index contributed by atoms with van der Waals surface area (Å²) in [4.78, 5) is 16.3. The zero-order chi connectivity index (χ0) is 19.4. The minimum atomic E-state index is -4.48. The second-order valence-electron chi connectivity index (χ2n) is 5.69.